The van der Waals surface area contributed by atoms with Gasteiger partial charge in [0, 0.05) is 6.54 Å². The average molecular weight is 235 g/mol. The molecule has 0 unspecified atom stereocenters. The van der Waals surface area contributed by atoms with Gasteiger partial charge in [0.25, 0.3) is 0 Å². The van der Waals surface area contributed by atoms with Gasteiger partial charge in [-0.2, -0.15) is 11.3 Å². The van der Waals surface area contributed by atoms with E-state index in [0.29, 0.717) is 12.4 Å². The van der Waals surface area contributed by atoms with Gasteiger partial charge in [-0.1, -0.05) is 0 Å². The molecular formula is C10H9N3O2S. The highest BCUT2D eigenvalue weighted by Crippen LogP contribution is 2.08. The predicted octanol–water partition coefficient (Wildman–Crippen LogP) is 1.85. The highest BCUT2D eigenvalue weighted by molar-refractivity contribution is 7.07. The van der Waals surface area contributed by atoms with E-state index >= 15 is 0 Å². The van der Waals surface area contributed by atoms with Crippen molar-refractivity contribution in [2.45, 2.75) is 6.54 Å². The van der Waals surface area contributed by atoms with Gasteiger partial charge in [-0.05, 0) is 22.4 Å². The van der Waals surface area contributed by atoms with Crippen LogP contribution in [0.5, 0.6) is 0 Å². The van der Waals surface area contributed by atoms with Crippen LogP contribution < -0.4 is 5.32 Å². The highest BCUT2D eigenvalue weighted by atomic mass is 32.1. The number of thiophene rings is 1. The fourth-order valence-corrected chi connectivity index (χ4v) is 1.78. The van der Waals surface area contributed by atoms with Crippen LogP contribution in [-0.4, -0.2) is 21.0 Å². The summed E-state index contributed by atoms with van der Waals surface area (Å²) < 4.78 is 0. The molecule has 16 heavy (non-hydrogen) atoms. The molecule has 0 aliphatic carbocycles. The smallest absolute Gasteiger partial charge is 0.356 e. The molecule has 82 valence electrons. The zero-order chi connectivity index (χ0) is 11.4. The molecule has 0 bridgehead atoms. The maximum absolute atomic E-state index is 10.5. The molecule has 0 aliphatic rings. The summed E-state index contributed by atoms with van der Waals surface area (Å²) in [6.45, 7) is 0.657. The number of carbonyl (C=O) groups is 1. The minimum Gasteiger partial charge on any atom is -0.476 e. The largest absolute Gasteiger partial charge is 0.476 e. The molecule has 5 nitrogen and oxygen atoms in total. The fraction of sp³-hybridized carbons (Fsp3) is 0.100. The van der Waals surface area contributed by atoms with Gasteiger partial charge in [-0.15, -0.1) is 0 Å². The molecule has 0 saturated heterocycles. The molecule has 0 spiro atoms. The summed E-state index contributed by atoms with van der Waals surface area (Å²) >= 11 is 1.63. The van der Waals surface area contributed by atoms with Crippen LogP contribution in [0.3, 0.4) is 0 Å². The molecule has 0 amide bonds. The number of nitrogens with one attached hydrogen (secondary N) is 1. The predicted molar refractivity (Wildman–Crippen MR) is 60.6 cm³/mol. The average Bonchev–Trinajstić information content (AvgIpc) is 2.80. The lowest BCUT2D eigenvalue weighted by Crippen LogP contribution is -2.05. The standard InChI is InChI=1S/C10H9N3O2S/c14-10(15)8-4-13-9(5-11-8)12-3-7-1-2-16-6-7/h1-2,4-6H,3H2,(H,12,13)(H,14,15). The van der Waals surface area contributed by atoms with E-state index in [0.717, 1.165) is 5.56 Å². The zero-order valence-corrected chi connectivity index (χ0v) is 9.07. The lowest BCUT2D eigenvalue weighted by molar-refractivity contribution is 0.0690. The van der Waals surface area contributed by atoms with Crippen molar-refractivity contribution in [1.82, 2.24) is 9.97 Å². The van der Waals surface area contributed by atoms with Crippen molar-refractivity contribution in [2.75, 3.05) is 5.32 Å². The first-order chi connectivity index (χ1) is 7.75. The van der Waals surface area contributed by atoms with Gasteiger partial charge in [-0.3, -0.25) is 0 Å². The number of rotatable bonds is 4. The maximum atomic E-state index is 10.5. The van der Waals surface area contributed by atoms with E-state index in [1.807, 2.05) is 16.8 Å². The van der Waals surface area contributed by atoms with Crippen LogP contribution in [-0.2, 0) is 6.54 Å². The second-order valence-corrected chi connectivity index (χ2v) is 3.86. The Kier molecular flexibility index (Phi) is 3.11. The topological polar surface area (TPSA) is 75.1 Å². The summed E-state index contributed by atoms with van der Waals surface area (Å²) in [5.74, 6) is -0.506. The van der Waals surface area contributed by atoms with Gasteiger partial charge in [-0.25, -0.2) is 14.8 Å². The van der Waals surface area contributed by atoms with Gasteiger partial charge < -0.3 is 10.4 Å². The first kappa shape index (κ1) is 10.6. The number of anilines is 1. The Balaban J connectivity index is 1.98. The van der Waals surface area contributed by atoms with Crippen LogP contribution in [0, 0.1) is 0 Å². The Bertz CT molecular complexity index is 467. The molecular weight excluding hydrogens is 226 g/mol. The molecule has 6 heteroatoms. The molecule has 2 heterocycles. The Morgan fingerprint density at radius 3 is 2.88 bits per heavy atom. The van der Waals surface area contributed by atoms with E-state index in [-0.39, 0.29) is 5.69 Å². The van der Waals surface area contributed by atoms with Crippen molar-refractivity contribution >= 4 is 23.1 Å². The second kappa shape index (κ2) is 4.71. The van der Waals surface area contributed by atoms with Crippen molar-refractivity contribution in [3.63, 3.8) is 0 Å². The van der Waals surface area contributed by atoms with Crippen LogP contribution in [0.4, 0.5) is 5.82 Å². The third-order valence-electron chi connectivity index (χ3n) is 1.92. The second-order valence-electron chi connectivity index (χ2n) is 3.08. The van der Waals surface area contributed by atoms with Gasteiger partial charge in [0.2, 0.25) is 0 Å². The lowest BCUT2D eigenvalue weighted by atomic mass is 10.3. The number of aromatic carboxylic acids is 1. The molecule has 2 aromatic rings. The molecule has 0 aromatic carbocycles. The minimum atomic E-state index is -1.07. The van der Waals surface area contributed by atoms with E-state index < -0.39 is 5.97 Å². The summed E-state index contributed by atoms with van der Waals surface area (Å²) in [4.78, 5) is 18.2. The zero-order valence-electron chi connectivity index (χ0n) is 8.25. The lowest BCUT2D eigenvalue weighted by Gasteiger charge is -2.03. The number of hydrogen-bond acceptors (Lipinski definition) is 5. The Labute approximate surface area is 95.8 Å². The van der Waals surface area contributed by atoms with Crippen molar-refractivity contribution in [3.05, 3.63) is 40.5 Å². The normalized spacial score (nSPS) is 10.0. The van der Waals surface area contributed by atoms with Gasteiger partial charge in [0.15, 0.2) is 5.69 Å². The number of carboxylic acid groups (broad SMARTS) is 1. The molecule has 0 atom stereocenters. The number of aromatic nitrogens is 2. The summed E-state index contributed by atoms with van der Waals surface area (Å²) in [6.07, 6.45) is 2.65. The Morgan fingerprint density at radius 2 is 2.31 bits per heavy atom. The third-order valence-corrected chi connectivity index (χ3v) is 2.66. The highest BCUT2D eigenvalue weighted by Gasteiger charge is 2.04. The third kappa shape index (κ3) is 2.54. The molecule has 2 aromatic heterocycles. The van der Waals surface area contributed by atoms with Gasteiger partial charge >= 0.3 is 5.97 Å². The van der Waals surface area contributed by atoms with E-state index in [9.17, 15) is 4.79 Å². The molecule has 0 saturated carbocycles. The van der Waals surface area contributed by atoms with Crippen LogP contribution in [0.2, 0.25) is 0 Å². The number of carboxylic acids is 1. The molecule has 0 radical (unpaired) electrons. The maximum Gasteiger partial charge on any atom is 0.356 e. The van der Waals surface area contributed by atoms with Gasteiger partial charge in [0.05, 0.1) is 12.4 Å². The number of nitrogens with zero attached hydrogens (tertiary/aromatic N) is 2. The quantitative estimate of drug-likeness (QED) is 0.845. The summed E-state index contributed by atoms with van der Waals surface area (Å²) in [6, 6.07) is 2.01. The van der Waals surface area contributed by atoms with E-state index in [1.54, 1.807) is 11.3 Å². The minimum absolute atomic E-state index is 0.0546. The van der Waals surface area contributed by atoms with Crippen molar-refractivity contribution < 1.29 is 9.90 Å². The first-order valence-corrected chi connectivity index (χ1v) is 5.50. The summed E-state index contributed by atoms with van der Waals surface area (Å²) in [7, 11) is 0. The van der Waals surface area contributed by atoms with E-state index in [1.165, 1.54) is 12.4 Å². The monoisotopic (exact) mass is 235 g/mol. The molecule has 0 aliphatic heterocycles. The fourth-order valence-electron chi connectivity index (χ4n) is 1.12. The van der Waals surface area contributed by atoms with Crippen molar-refractivity contribution in [3.8, 4) is 0 Å². The van der Waals surface area contributed by atoms with Crippen LogP contribution in [0.25, 0.3) is 0 Å². The van der Waals surface area contributed by atoms with E-state index in [2.05, 4.69) is 15.3 Å². The Hall–Kier alpha value is -1.95. The SMILES string of the molecule is O=C(O)c1cnc(NCc2ccsc2)cn1. The van der Waals surface area contributed by atoms with Crippen LogP contribution >= 0.6 is 11.3 Å². The summed E-state index contributed by atoms with van der Waals surface area (Å²) in [5.41, 5.74) is 1.11. The summed E-state index contributed by atoms with van der Waals surface area (Å²) in [5, 5.41) is 15.7. The number of hydrogen-bond donors (Lipinski definition) is 2. The van der Waals surface area contributed by atoms with Crippen LogP contribution in [0.1, 0.15) is 16.1 Å². The van der Waals surface area contributed by atoms with Crippen molar-refractivity contribution in [1.29, 1.82) is 0 Å². The molecule has 2 N–H and O–H groups in total. The molecule has 2 rings (SSSR count). The first-order valence-electron chi connectivity index (χ1n) is 4.56. The van der Waals surface area contributed by atoms with Crippen molar-refractivity contribution in [2.24, 2.45) is 0 Å². The van der Waals surface area contributed by atoms with Gasteiger partial charge in [0.1, 0.15) is 5.82 Å². The van der Waals surface area contributed by atoms with E-state index in [4.69, 9.17) is 5.11 Å². The van der Waals surface area contributed by atoms with Crippen LogP contribution in [0.15, 0.2) is 29.2 Å². The Morgan fingerprint density at radius 1 is 1.44 bits per heavy atom. The molecule has 0 fully saturated rings.